The third-order valence-corrected chi connectivity index (χ3v) is 4.41. The fraction of sp³-hybridized carbons (Fsp3) is 0.294. The molecular weight excluding hydrogens is 309 g/mol. The van der Waals surface area contributed by atoms with Gasteiger partial charge in [0, 0.05) is 31.4 Å². The first-order chi connectivity index (χ1) is 11.7. The number of H-pyrrole nitrogens is 1. The van der Waals surface area contributed by atoms with Crippen LogP contribution in [-0.4, -0.2) is 43.8 Å². The number of amides is 1. The molecule has 1 N–H and O–H groups in total. The fourth-order valence-electron chi connectivity index (χ4n) is 3.12. The number of carbonyl (C=O) groups excluding carboxylic acids is 1. The molecule has 0 unspecified atom stereocenters. The van der Waals surface area contributed by atoms with E-state index < -0.39 is 0 Å². The minimum absolute atomic E-state index is 0.0896. The van der Waals surface area contributed by atoms with Gasteiger partial charge in [0.1, 0.15) is 17.3 Å². The maximum Gasteiger partial charge on any atom is 0.274 e. The molecule has 0 aliphatic carbocycles. The van der Waals surface area contributed by atoms with Crippen molar-refractivity contribution in [3.8, 4) is 0 Å². The summed E-state index contributed by atoms with van der Waals surface area (Å²) >= 11 is 0. The van der Waals surface area contributed by atoms with Crippen molar-refractivity contribution in [1.29, 1.82) is 0 Å². The van der Waals surface area contributed by atoms with Gasteiger partial charge in [-0.2, -0.15) is 0 Å². The van der Waals surface area contributed by atoms with E-state index >= 15 is 0 Å². The Bertz CT molecular complexity index is 871. The second-order valence-electron chi connectivity index (χ2n) is 5.94. The molecule has 24 heavy (non-hydrogen) atoms. The Hall–Kier alpha value is -2.83. The van der Waals surface area contributed by atoms with E-state index in [0.717, 1.165) is 24.2 Å². The van der Waals surface area contributed by atoms with E-state index in [1.807, 2.05) is 0 Å². The largest absolute Gasteiger partial charge is 0.342 e. The molecular formula is C17H16FN5O. The van der Waals surface area contributed by atoms with Gasteiger partial charge in [0.05, 0.1) is 17.2 Å². The van der Waals surface area contributed by atoms with Crippen molar-refractivity contribution in [2.75, 3.05) is 13.1 Å². The van der Waals surface area contributed by atoms with E-state index in [0.29, 0.717) is 24.3 Å². The highest BCUT2D eigenvalue weighted by Crippen LogP contribution is 2.28. The summed E-state index contributed by atoms with van der Waals surface area (Å²) in [6, 6.07) is 4.55. The van der Waals surface area contributed by atoms with Crippen LogP contribution in [0.1, 0.15) is 35.1 Å². The van der Waals surface area contributed by atoms with Crippen LogP contribution in [0.3, 0.4) is 0 Å². The molecule has 3 aromatic rings. The van der Waals surface area contributed by atoms with E-state index in [1.165, 1.54) is 24.5 Å². The van der Waals surface area contributed by atoms with Crippen molar-refractivity contribution in [2.24, 2.45) is 0 Å². The predicted molar refractivity (Wildman–Crippen MR) is 86.0 cm³/mol. The van der Waals surface area contributed by atoms with Gasteiger partial charge >= 0.3 is 0 Å². The highest BCUT2D eigenvalue weighted by atomic mass is 19.1. The number of hydrogen-bond acceptors (Lipinski definition) is 4. The third-order valence-electron chi connectivity index (χ3n) is 4.41. The number of piperidine rings is 1. The van der Waals surface area contributed by atoms with Crippen LogP contribution in [0.4, 0.5) is 4.39 Å². The number of aromatic nitrogens is 4. The number of carbonyl (C=O) groups is 1. The molecule has 1 saturated heterocycles. The Morgan fingerprint density at radius 3 is 2.83 bits per heavy atom. The minimum atomic E-state index is -0.276. The maximum atomic E-state index is 13.3. The summed E-state index contributed by atoms with van der Waals surface area (Å²) in [4.78, 5) is 29.9. The summed E-state index contributed by atoms with van der Waals surface area (Å²) in [7, 11) is 0. The van der Waals surface area contributed by atoms with Gasteiger partial charge in [-0.05, 0) is 31.0 Å². The molecule has 1 aromatic carbocycles. The Morgan fingerprint density at radius 1 is 1.25 bits per heavy atom. The lowest BCUT2D eigenvalue weighted by Gasteiger charge is -2.30. The van der Waals surface area contributed by atoms with Crippen LogP contribution in [-0.2, 0) is 0 Å². The van der Waals surface area contributed by atoms with Crippen molar-refractivity contribution in [1.82, 2.24) is 24.8 Å². The summed E-state index contributed by atoms with van der Waals surface area (Å²) < 4.78 is 13.3. The van der Waals surface area contributed by atoms with Crippen LogP contribution >= 0.6 is 0 Å². The number of nitrogens with one attached hydrogen (secondary N) is 1. The van der Waals surface area contributed by atoms with Gasteiger partial charge in [0.25, 0.3) is 5.91 Å². The van der Waals surface area contributed by atoms with E-state index in [1.54, 1.807) is 17.2 Å². The fourth-order valence-corrected chi connectivity index (χ4v) is 3.12. The third kappa shape index (κ3) is 2.73. The lowest BCUT2D eigenvalue weighted by atomic mass is 9.96. The van der Waals surface area contributed by atoms with Crippen molar-refractivity contribution in [3.63, 3.8) is 0 Å². The molecule has 2 aromatic heterocycles. The van der Waals surface area contributed by atoms with Gasteiger partial charge in [-0.3, -0.25) is 9.78 Å². The Kier molecular flexibility index (Phi) is 3.68. The number of likely N-dealkylation sites (tertiary alicyclic amines) is 1. The molecule has 0 spiro atoms. The van der Waals surface area contributed by atoms with Crippen LogP contribution in [0, 0.1) is 5.82 Å². The van der Waals surface area contributed by atoms with Crippen molar-refractivity contribution < 1.29 is 9.18 Å². The second-order valence-corrected chi connectivity index (χ2v) is 5.94. The smallest absolute Gasteiger partial charge is 0.274 e. The molecule has 1 aliphatic heterocycles. The molecule has 7 heteroatoms. The summed E-state index contributed by atoms with van der Waals surface area (Å²) in [6.07, 6.45) is 6.19. The lowest BCUT2D eigenvalue weighted by Crippen LogP contribution is -2.38. The first-order valence-electron chi connectivity index (χ1n) is 7.91. The number of nitrogens with zero attached hydrogens (tertiary/aromatic N) is 4. The highest BCUT2D eigenvalue weighted by Gasteiger charge is 2.27. The average Bonchev–Trinajstić information content (AvgIpc) is 3.05. The molecule has 0 saturated carbocycles. The summed E-state index contributed by atoms with van der Waals surface area (Å²) in [6.45, 7) is 1.29. The molecule has 1 aliphatic rings. The van der Waals surface area contributed by atoms with Crippen molar-refractivity contribution in [3.05, 3.63) is 54.1 Å². The van der Waals surface area contributed by atoms with Gasteiger partial charge in [-0.1, -0.05) is 0 Å². The van der Waals surface area contributed by atoms with Gasteiger partial charge in [0.2, 0.25) is 0 Å². The van der Waals surface area contributed by atoms with Crippen LogP contribution in [0.15, 0.2) is 36.8 Å². The average molecular weight is 325 g/mol. The first-order valence-corrected chi connectivity index (χ1v) is 7.91. The highest BCUT2D eigenvalue weighted by molar-refractivity contribution is 5.92. The first kappa shape index (κ1) is 14.7. The molecule has 4 rings (SSSR count). The molecule has 0 atom stereocenters. The molecule has 6 nitrogen and oxygen atoms in total. The Labute approximate surface area is 137 Å². The lowest BCUT2D eigenvalue weighted by molar-refractivity contribution is 0.0705. The number of benzene rings is 1. The van der Waals surface area contributed by atoms with Gasteiger partial charge in [-0.15, -0.1) is 0 Å². The summed E-state index contributed by atoms with van der Waals surface area (Å²) in [5, 5.41) is 0. The normalized spacial score (nSPS) is 15.8. The molecule has 1 amide bonds. The van der Waals surface area contributed by atoms with Crippen molar-refractivity contribution in [2.45, 2.75) is 18.8 Å². The molecule has 0 bridgehead atoms. The summed E-state index contributed by atoms with van der Waals surface area (Å²) in [5.74, 6) is 0.740. The van der Waals surface area contributed by atoms with Crippen LogP contribution in [0.2, 0.25) is 0 Å². The summed E-state index contributed by atoms with van der Waals surface area (Å²) in [5.41, 5.74) is 1.85. The zero-order valence-corrected chi connectivity index (χ0v) is 12.9. The quantitative estimate of drug-likeness (QED) is 0.785. The Balaban J connectivity index is 1.46. The van der Waals surface area contributed by atoms with E-state index in [2.05, 4.69) is 19.9 Å². The molecule has 3 heterocycles. The topological polar surface area (TPSA) is 74.8 Å². The second kappa shape index (κ2) is 5.99. The monoisotopic (exact) mass is 325 g/mol. The standard InChI is InChI=1S/C17H16FN5O/c18-12-1-2-13-14(9-12)22-16(21-13)11-3-7-23(8-4-11)17(24)15-10-19-5-6-20-15/h1-2,5-6,9-11H,3-4,7-8H2,(H,21,22). The zero-order valence-electron chi connectivity index (χ0n) is 12.9. The number of halogens is 1. The molecule has 1 fully saturated rings. The molecule has 0 radical (unpaired) electrons. The Morgan fingerprint density at radius 2 is 2.08 bits per heavy atom. The zero-order chi connectivity index (χ0) is 16.5. The minimum Gasteiger partial charge on any atom is -0.342 e. The maximum absolute atomic E-state index is 13.3. The number of hydrogen-bond donors (Lipinski definition) is 1. The van der Waals surface area contributed by atoms with E-state index in [9.17, 15) is 9.18 Å². The van der Waals surface area contributed by atoms with Gasteiger partial charge in [0.15, 0.2) is 0 Å². The van der Waals surface area contributed by atoms with Gasteiger partial charge < -0.3 is 9.88 Å². The number of fused-ring (bicyclic) bond motifs is 1. The number of rotatable bonds is 2. The molecule has 122 valence electrons. The van der Waals surface area contributed by atoms with E-state index in [4.69, 9.17) is 0 Å². The SMILES string of the molecule is O=C(c1cnccn1)N1CCC(c2nc3ccc(F)cc3[nH]2)CC1. The van der Waals surface area contributed by atoms with Crippen molar-refractivity contribution >= 4 is 16.9 Å². The van der Waals surface area contributed by atoms with Crippen LogP contribution < -0.4 is 0 Å². The van der Waals surface area contributed by atoms with Crippen LogP contribution in [0.5, 0.6) is 0 Å². The van der Waals surface area contributed by atoms with Gasteiger partial charge in [-0.25, -0.2) is 14.4 Å². The number of imidazole rings is 1. The number of aromatic amines is 1. The predicted octanol–water partition coefficient (Wildman–Crippen LogP) is 2.51. The van der Waals surface area contributed by atoms with E-state index in [-0.39, 0.29) is 17.6 Å². The van der Waals surface area contributed by atoms with Crippen LogP contribution in [0.25, 0.3) is 11.0 Å².